The van der Waals surface area contributed by atoms with Crippen molar-refractivity contribution in [1.82, 2.24) is 15.1 Å². The summed E-state index contributed by atoms with van der Waals surface area (Å²) < 4.78 is 20.3. The number of hydrogen-bond donors (Lipinski definition) is 1. The molecule has 0 aliphatic rings. The van der Waals surface area contributed by atoms with Gasteiger partial charge >= 0.3 is 0 Å². The molecule has 1 amide bonds. The first-order valence-electron chi connectivity index (χ1n) is 8.87. The van der Waals surface area contributed by atoms with Crippen LogP contribution in [-0.2, 0) is 0 Å². The van der Waals surface area contributed by atoms with Crippen LogP contribution in [0.1, 0.15) is 29.1 Å². The molecular formula is C22H18FN3O2. The van der Waals surface area contributed by atoms with E-state index in [1.165, 1.54) is 12.1 Å². The molecule has 28 heavy (non-hydrogen) atoms. The highest BCUT2D eigenvalue weighted by atomic mass is 19.1. The summed E-state index contributed by atoms with van der Waals surface area (Å²) in [7, 11) is 0. The summed E-state index contributed by atoms with van der Waals surface area (Å²) >= 11 is 0. The highest BCUT2D eigenvalue weighted by Gasteiger charge is 2.21. The lowest BCUT2D eigenvalue weighted by molar-refractivity contribution is 0.0936. The van der Waals surface area contributed by atoms with E-state index in [1.807, 2.05) is 37.3 Å². The summed E-state index contributed by atoms with van der Waals surface area (Å²) in [6.45, 7) is 1.84. The lowest BCUT2D eigenvalue weighted by Gasteiger charge is -2.11. The van der Waals surface area contributed by atoms with E-state index in [0.29, 0.717) is 22.6 Å². The van der Waals surface area contributed by atoms with Crippen LogP contribution in [0, 0.1) is 5.82 Å². The molecule has 0 aliphatic carbocycles. The number of nitrogens with zero attached hydrogens (tertiary/aromatic N) is 2. The molecule has 0 aliphatic heterocycles. The molecule has 1 N–H and O–H groups in total. The Morgan fingerprint density at radius 2 is 1.82 bits per heavy atom. The molecule has 140 valence electrons. The van der Waals surface area contributed by atoms with Crippen molar-refractivity contribution in [2.75, 3.05) is 0 Å². The average Bonchev–Trinajstić information content (AvgIpc) is 3.40. The molecule has 2 aromatic carbocycles. The van der Waals surface area contributed by atoms with E-state index < -0.39 is 0 Å². The number of halogens is 1. The Balaban J connectivity index is 1.72. The van der Waals surface area contributed by atoms with Crippen LogP contribution in [0.5, 0.6) is 0 Å². The van der Waals surface area contributed by atoms with Gasteiger partial charge in [0.1, 0.15) is 17.3 Å². The molecule has 0 spiro atoms. The van der Waals surface area contributed by atoms with E-state index >= 15 is 0 Å². The number of para-hydroxylation sites is 1. The molecule has 4 aromatic rings. The van der Waals surface area contributed by atoms with Gasteiger partial charge in [-0.25, -0.2) is 9.07 Å². The Morgan fingerprint density at radius 3 is 2.50 bits per heavy atom. The van der Waals surface area contributed by atoms with Gasteiger partial charge in [-0.15, -0.1) is 0 Å². The van der Waals surface area contributed by atoms with Crippen LogP contribution in [-0.4, -0.2) is 15.7 Å². The zero-order valence-electron chi connectivity index (χ0n) is 15.2. The normalized spacial score (nSPS) is 11.9. The highest BCUT2D eigenvalue weighted by molar-refractivity contribution is 6.00. The third kappa shape index (κ3) is 3.57. The van der Waals surface area contributed by atoms with E-state index in [-0.39, 0.29) is 17.8 Å². The van der Waals surface area contributed by atoms with Gasteiger partial charge < -0.3 is 9.73 Å². The maximum atomic E-state index is 13.3. The first kappa shape index (κ1) is 17.7. The van der Waals surface area contributed by atoms with Gasteiger partial charge in [0.15, 0.2) is 0 Å². The van der Waals surface area contributed by atoms with Gasteiger partial charge in [-0.3, -0.25) is 4.79 Å². The number of carbonyl (C=O) groups is 1. The van der Waals surface area contributed by atoms with Gasteiger partial charge in [-0.05, 0) is 55.5 Å². The number of hydrogen-bond acceptors (Lipinski definition) is 3. The minimum absolute atomic E-state index is 0.287. The third-order valence-corrected chi connectivity index (χ3v) is 4.41. The van der Waals surface area contributed by atoms with Crippen LogP contribution >= 0.6 is 0 Å². The van der Waals surface area contributed by atoms with Crippen molar-refractivity contribution in [3.05, 3.63) is 96.3 Å². The van der Waals surface area contributed by atoms with Gasteiger partial charge in [0.2, 0.25) is 0 Å². The second-order valence-corrected chi connectivity index (χ2v) is 6.39. The van der Waals surface area contributed by atoms with Crippen LogP contribution in [0.15, 0.2) is 83.6 Å². The van der Waals surface area contributed by atoms with E-state index in [1.54, 1.807) is 41.4 Å². The summed E-state index contributed by atoms with van der Waals surface area (Å²) in [5.41, 5.74) is 2.36. The van der Waals surface area contributed by atoms with Crippen molar-refractivity contribution >= 4 is 5.91 Å². The summed E-state index contributed by atoms with van der Waals surface area (Å²) in [6.07, 6.45) is 3.24. The largest absolute Gasteiger partial charge is 0.467 e. The number of nitrogens with one attached hydrogen (secondary N) is 1. The summed E-state index contributed by atoms with van der Waals surface area (Å²) in [4.78, 5) is 13.0. The first-order valence-corrected chi connectivity index (χ1v) is 8.87. The standard InChI is InChI=1S/C22H18FN3O2/c1-15(20-8-5-13-28-20)24-22(27)19-14-26(18-6-3-2-4-7-18)25-21(19)16-9-11-17(23)12-10-16/h2-15H,1H3,(H,24,27)/t15-/m1/s1. The van der Waals surface area contributed by atoms with Gasteiger partial charge in [0.25, 0.3) is 5.91 Å². The maximum absolute atomic E-state index is 13.3. The SMILES string of the molecule is C[C@@H](NC(=O)c1cn(-c2ccccc2)nc1-c1ccc(F)cc1)c1ccco1. The maximum Gasteiger partial charge on any atom is 0.255 e. The number of amides is 1. The minimum Gasteiger partial charge on any atom is -0.467 e. The van der Waals surface area contributed by atoms with E-state index in [2.05, 4.69) is 10.4 Å². The lowest BCUT2D eigenvalue weighted by Crippen LogP contribution is -2.26. The Kier molecular flexibility index (Phi) is 4.76. The van der Waals surface area contributed by atoms with Crippen molar-refractivity contribution in [2.45, 2.75) is 13.0 Å². The zero-order valence-corrected chi connectivity index (χ0v) is 15.2. The van der Waals surface area contributed by atoms with Gasteiger partial charge in [0, 0.05) is 11.8 Å². The average molecular weight is 375 g/mol. The molecule has 0 saturated carbocycles. The van der Waals surface area contributed by atoms with Crippen molar-refractivity contribution in [1.29, 1.82) is 0 Å². The van der Waals surface area contributed by atoms with Gasteiger partial charge in [-0.2, -0.15) is 5.10 Å². The molecule has 0 fully saturated rings. The fourth-order valence-electron chi connectivity index (χ4n) is 2.96. The predicted molar refractivity (Wildman–Crippen MR) is 104 cm³/mol. The molecule has 0 bridgehead atoms. The molecule has 2 aromatic heterocycles. The predicted octanol–water partition coefficient (Wildman–Crippen LogP) is 4.76. The number of furan rings is 1. The van der Waals surface area contributed by atoms with Crippen molar-refractivity contribution < 1.29 is 13.6 Å². The Hall–Kier alpha value is -3.67. The van der Waals surface area contributed by atoms with E-state index in [9.17, 15) is 9.18 Å². The van der Waals surface area contributed by atoms with E-state index in [0.717, 1.165) is 5.69 Å². The van der Waals surface area contributed by atoms with Crippen LogP contribution in [0.2, 0.25) is 0 Å². The number of aromatic nitrogens is 2. The fraction of sp³-hybridized carbons (Fsp3) is 0.0909. The molecule has 2 heterocycles. The number of carbonyl (C=O) groups excluding carboxylic acids is 1. The molecule has 6 heteroatoms. The topological polar surface area (TPSA) is 60.1 Å². The van der Waals surface area contributed by atoms with Crippen LogP contribution < -0.4 is 5.32 Å². The van der Waals surface area contributed by atoms with Crippen molar-refractivity contribution in [3.8, 4) is 16.9 Å². The van der Waals surface area contributed by atoms with Gasteiger partial charge in [-0.1, -0.05) is 18.2 Å². The Morgan fingerprint density at radius 1 is 1.07 bits per heavy atom. The van der Waals surface area contributed by atoms with Gasteiger partial charge in [0.05, 0.1) is 23.6 Å². The highest BCUT2D eigenvalue weighted by Crippen LogP contribution is 2.25. The fourth-order valence-corrected chi connectivity index (χ4v) is 2.96. The molecule has 5 nitrogen and oxygen atoms in total. The number of benzene rings is 2. The minimum atomic E-state index is -0.344. The summed E-state index contributed by atoms with van der Waals surface area (Å²) in [5, 5.41) is 7.51. The molecular weight excluding hydrogens is 357 g/mol. The second kappa shape index (κ2) is 7.52. The molecule has 4 rings (SSSR count). The second-order valence-electron chi connectivity index (χ2n) is 6.39. The smallest absolute Gasteiger partial charge is 0.255 e. The molecule has 1 atom stereocenters. The molecule has 0 unspecified atom stereocenters. The molecule has 0 radical (unpaired) electrons. The first-order chi connectivity index (χ1) is 13.6. The lowest BCUT2D eigenvalue weighted by atomic mass is 10.1. The van der Waals surface area contributed by atoms with Crippen molar-refractivity contribution in [3.63, 3.8) is 0 Å². The van der Waals surface area contributed by atoms with Crippen molar-refractivity contribution in [2.24, 2.45) is 0 Å². The third-order valence-electron chi connectivity index (χ3n) is 4.41. The van der Waals surface area contributed by atoms with Crippen LogP contribution in [0.3, 0.4) is 0 Å². The summed E-state index contributed by atoms with van der Waals surface area (Å²) in [5.74, 6) is 0.0289. The molecule has 0 saturated heterocycles. The quantitative estimate of drug-likeness (QED) is 0.547. The zero-order chi connectivity index (χ0) is 19.5. The number of rotatable bonds is 5. The van der Waals surface area contributed by atoms with E-state index in [4.69, 9.17) is 4.42 Å². The van der Waals surface area contributed by atoms with Crippen LogP contribution in [0.25, 0.3) is 16.9 Å². The Labute approximate surface area is 161 Å². The van der Waals surface area contributed by atoms with Crippen LogP contribution in [0.4, 0.5) is 4.39 Å². The Bertz CT molecular complexity index is 1070. The monoisotopic (exact) mass is 375 g/mol. The summed E-state index contributed by atoms with van der Waals surface area (Å²) in [6, 6.07) is 18.7.